The van der Waals surface area contributed by atoms with Gasteiger partial charge < -0.3 is 4.98 Å². The highest BCUT2D eigenvalue weighted by Gasteiger charge is 2.10. The number of H-pyrrole nitrogens is 1. The van der Waals surface area contributed by atoms with Crippen LogP contribution in [0.4, 0.5) is 0 Å². The summed E-state index contributed by atoms with van der Waals surface area (Å²) in [4.78, 5) is 7.50. The molecule has 15 heavy (non-hydrogen) atoms. The van der Waals surface area contributed by atoms with Crippen LogP contribution in [0.5, 0.6) is 0 Å². The summed E-state index contributed by atoms with van der Waals surface area (Å²) in [6.45, 7) is 0. The Labute approximate surface area is 84.6 Å². The van der Waals surface area contributed by atoms with Gasteiger partial charge in [-0.3, -0.25) is 0 Å². The van der Waals surface area contributed by atoms with Crippen molar-refractivity contribution in [3.8, 4) is 11.3 Å². The molecule has 0 radical (unpaired) electrons. The fraction of sp³-hybridized carbons (Fsp3) is 0. The van der Waals surface area contributed by atoms with Crippen molar-refractivity contribution in [3.63, 3.8) is 0 Å². The molecule has 4 rings (SSSR count). The summed E-state index contributed by atoms with van der Waals surface area (Å²) in [6, 6.07) is 6.13. The molecule has 3 heterocycles. The highest BCUT2D eigenvalue weighted by Crippen LogP contribution is 2.29. The van der Waals surface area contributed by atoms with Crippen LogP contribution in [-0.4, -0.2) is 20.2 Å². The molecule has 0 spiro atoms. The van der Waals surface area contributed by atoms with Crippen LogP contribution in [0, 0.1) is 0 Å². The van der Waals surface area contributed by atoms with Gasteiger partial charge in [0.1, 0.15) is 5.65 Å². The summed E-state index contributed by atoms with van der Waals surface area (Å²) < 4.78 is 0. The Kier molecular flexibility index (Phi) is 1.06. The summed E-state index contributed by atoms with van der Waals surface area (Å²) in [5, 5.41) is 10.3. The van der Waals surface area contributed by atoms with E-state index in [1.807, 2.05) is 12.3 Å². The summed E-state index contributed by atoms with van der Waals surface area (Å²) in [6.07, 6.45) is 3.63. The fourth-order valence-corrected chi connectivity index (χ4v) is 2.03. The van der Waals surface area contributed by atoms with Gasteiger partial charge in [-0.05, 0) is 18.2 Å². The van der Waals surface area contributed by atoms with Crippen molar-refractivity contribution in [2.75, 3.05) is 0 Å². The van der Waals surface area contributed by atoms with E-state index in [2.05, 4.69) is 32.3 Å². The number of rotatable bonds is 0. The molecule has 1 N–H and O–H groups in total. The van der Waals surface area contributed by atoms with Crippen LogP contribution in [0.2, 0.25) is 0 Å². The molecule has 2 aromatic rings. The first-order valence-electron chi connectivity index (χ1n) is 4.73. The van der Waals surface area contributed by atoms with Gasteiger partial charge in [-0.1, -0.05) is 0 Å². The topological polar surface area (TPSA) is 54.5 Å². The van der Waals surface area contributed by atoms with Crippen LogP contribution in [-0.2, 0) is 0 Å². The van der Waals surface area contributed by atoms with Crippen LogP contribution in [0.1, 0.15) is 0 Å². The van der Waals surface area contributed by atoms with E-state index in [0.29, 0.717) is 0 Å². The zero-order valence-corrected chi connectivity index (χ0v) is 7.73. The molecule has 2 aliphatic rings. The standard InChI is InChI=1S/C11H6N4/c1-2-9-6(4-13-15-9)3-8-7(1)10-5-12-11(8)14-10/h1-5H,(H,12,14). The first kappa shape index (κ1) is 7.11. The molecule has 0 unspecified atom stereocenters. The van der Waals surface area contributed by atoms with Crippen LogP contribution in [0.15, 0.2) is 30.6 Å². The third kappa shape index (κ3) is 0.788. The lowest BCUT2D eigenvalue weighted by Gasteiger charge is -1.85. The van der Waals surface area contributed by atoms with Gasteiger partial charge in [-0.15, -0.1) is 0 Å². The van der Waals surface area contributed by atoms with E-state index in [1.54, 1.807) is 6.20 Å². The van der Waals surface area contributed by atoms with Crippen molar-refractivity contribution in [2.45, 2.75) is 0 Å². The fourth-order valence-electron chi connectivity index (χ4n) is 2.03. The molecule has 2 bridgehead atoms. The maximum Gasteiger partial charge on any atom is 0.138 e. The Balaban J connectivity index is 2.32. The SMILES string of the molecule is c1nnc2ccc3c4cnc([nH]4)c3cc1-2. The number of nitrogens with zero attached hydrogens (tertiary/aromatic N) is 3. The second-order valence-electron chi connectivity index (χ2n) is 3.64. The average Bonchev–Trinajstić information content (AvgIpc) is 2.91. The minimum atomic E-state index is 0.921. The summed E-state index contributed by atoms with van der Waals surface area (Å²) in [5.41, 5.74) is 3.98. The maximum absolute atomic E-state index is 4.27. The van der Waals surface area contributed by atoms with E-state index >= 15 is 0 Å². The largest absolute Gasteiger partial charge is 0.338 e. The molecule has 1 aliphatic heterocycles. The lowest BCUT2D eigenvalue weighted by molar-refractivity contribution is 1.10. The lowest BCUT2D eigenvalue weighted by atomic mass is 10.2. The number of fused-ring (bicyclic) bond motifs is 6. The molecule has 4 nitrogen and oxygen atoms in total. The molecule has 4 heteroatoms. The molecular formula is C11H6N4. The molecule has 0 atom stereocenters. The number of pyridine rings is 1. The van der Waals surface area contributed by atoms with E-state index in [4.69, 9.17) is 0 Å². The van der Waals surface area contributed by atoms with E-state index in [1.165, 1.54) is 5.39 Å². The quantitative estimate of drug-likeness (QED) is 0.466. The van der Waals surface area contributed by atoms with Crippen LogP contribution in [0.3, 0.4) is 0 Å². The zero-order chi connectivity index (χ0) is 9.83. The molecule has 0 fully saturated rings. The molecule has 70 valence electrons. The van der Waals surface area contributed by atoms with E-state index in [-0.39, 0.29) is 0 Å². The van der Waals surface area contributed by atoms with Crippen LogP contribution < -0.4 is 0 Å². The van der Waals surface area contributed by atoms with Crippen molar-refractivity contribution < 1.29 is 0 Å². The Morgan fingerprint density at radius 1 is 1.07 bits per heavy atom. The molecule has 0 aromatic carbocycles. The predicted octanol–water partition coefficient (Wildman–Crippen LogP) is 2.05. The number of hydrogen-bond acceptors (Lipinski definition) is 3. The van der Waals surface area contributed by atoms with E-state index in [9.17, 15) is 0 Å². The van der Waals surface area contributed by atoms with Gasteiger partial charge in [0.15, 0.2) is 0 Å². The lowest BCUT2D eigenvalue weighted by Crippen LogP contribution is -1.68. The number of aromatic amines is 1. The second kappa shape index (κ2) is 2.23. The second-order valence-corrected chi connectivity index (χ2v) is 3.64. The molecule has 0 amide bonds. The highest BCUT2D eigenvalue weighted by molar-refractivity contribution is 6.07. The molecule has 0 saturated heterocycles. The normalized spacial score (nSPS) is 12.0. The van der Waals surface area contributed by atoms with Gasteiger partial charge in [-0.25, -0.2) is 4.98 Å². The molecular weight excluding hydrogens is 188 g/mol. The van der Waals surface area contributed by atoms with Crippen molar-refractivity contribution >= 4 is 21.9 Å². The number of aromatic nitrogens is 4. The van der Waals surface area contributed by atoms with Crippen molar-refractivity contribution in [2.24, 2.45) is 0 Å². The minimum Gasteiger partial charge on any atom is -0.338 e. The Hall–Kier alpha value is -2.23. The smallest absolute Gasteiger partial charge is 0.138 e. The number of imidazole rings is 1. The van der Waals surface area contributed by atoms with Gasteiger partial charge in [-0.2, -0.15) is 10.2 Å². The Bertz CT molecular complexity index is 727. The first-order chi connectivity index (χ1) is 7.42. The van der Waals surface area contributed by atoms with Gasteiger partial charge in [0.05, 0.1) is 23.6 Å². The van der Waals surface area contributed by atoms with Gasteiger partial charge >= 0.3 is 0 Å². The van der Waals surface area contributed by atoms with E-state index in [0.717, 1.165) is 27.8 Å². The summed E-state index contributed by atoms with van der Waals surface area (Å²) in [7, 11) is 0. The third-order valence-corrected chi connectivity index (χ3v) is 2.78. The third-order valence-electron chi connectivity index (χ3n) is 2.78. The average molecular weight is 194 g/mol. The number of nitrogens with one attached hydrogen (secondary N) is 1. The van der Waals surface area contributed by atoms with Gasteiger partial charge in [0, 0.05) is 16.3 Å². The van der Waals surface area contributed by atoms with Crippen molar-refractivity contribution in [1.29, 1.82) is 0 Å². The predicted molar refractivity (Wildman–Crippen MR) is 57.0 cm³/mol. The molecule has 1 aliphatic carbocycles. The Morgan fingerprint density at radius 3 is 3.07 bits per heavy atom. The number of hydrogen-bond donors (Lipinski definition) is 1. The van der Waals surface area contributed by atoms with Gasteiger partial charge in [0.25, 0.3) is 0 Å². The monoisotopic (exact) mass is 194 g/mol. The van der Waals surface area contributed by atoms with E-state index < -0.39 is 0 Å². The molecule has 0 saturated carbocycles. The molecule has 2 aromatic heterocycles. The van der Waals surface area contributed by atoms with Crippen LogP contribution in [0.25, 0.3) is 33.2 Å². The maximum atomic E-state index is 4.27. The van der Waals surface area contributed by atoms with Crippen molar-refractivity contribution in [1.82, 2.24) is 20.2 Å². The first-order valence-corrected chi connectivity index (χ1v) is 4.73. The Morgan fingerprint density at radius 2 is 2.07 bits per heavy atom. The highest BCUT2D eigenvalue weighted by atomic mass is 15.1. The van der Waals surface area contributed by atoms with Crippen LogP contribution >= 0.6 is 0 Å². The summed E-state index contributed by atoms with van der Waals surface area (Å²) >= 11 is 0. The minimum absolute atomic E-state index is 0.921. The summed E-state index contributed by atoms with van der Waals surface area (Å²) in [5.74, 6) is 0. The zero-order valence-electron chi connectivity index (χ0n) is 7.73. The van der Waals surface area contributed by atoms with Gasteiger partial charge in [0.2, 0.25) is 0 Å². The van der Waals surface area contributed by atoms with Crippen molar-refractivity contribution in [3.05, 3.63) is 30.6 Å².